The number of benzene rings is 1. The molecule has 1 unspecified atom stereocenters. The maximum absolute atomic E-state index is 12.0. The molecule has 0 saturated heterocycles. The van der Waals surface area contributed by atoms with E-state index < -0.39 is 17.9 Å². The molecule has 1 amide bonds. The summed E-state index contributed by atoms with van der Waals surface area (Å²) in [5.41, 5.74) is 1.10. The third-order valence-corrected chi connectivity index (χ3v) is 3.19. The van der Waals surface area contributed by atoms with Crippen molar-refractivity contribution in [2.45, 2.75) is 25.8 Å². The Labute approximate surface area is 129 Å². The summed E-state index contributed by atoms with van der Waals surface area (Å²) in [6.07, 6.45) is 2.55. The second kappa shape index (κ2) is 8.02. The maximum Gasteiger partial charge on any atom is 0.328 e. The molecular formula is C17H19NO4. The highest BCUT2D eigenvalue weighted by Gasteiger charge is 2.23. The summed E-state index contributed by atoms with van der Waals surface area (Å²) in [6, 6.07) is 12.3. The molecule has 2 aromatic rings. The van der Waals surface area contributed by atoms with Gasteiger partial charge >= 0.3 is 5.97 Å². The van der Waals surface area contributed by atoms with Crippen LogP contribution < -0.4 is 5.32 Å². The molecule has 5 heteroatoms. The fraction of sp³-hybridized carbons (Fsp3) is 0.294. The van der Waals surface area contributed by atoms with E-state index in [0.29, 0.717) is 12.8 Å². The fourth-order valence-electron chi connectivity index (χ4n) is 2.08. The van der Waals surface area contributed by atoms with E-state index in [1.54, 1.807) is 19.1 Å². The molecule has 2 rings (SSSR count). The highest BCUT2D eigenvalue weighted by molar-refractivity contribution is 5.94. The molecule has 0 bridgehead atoms. The third kappa shape index (κ3) is 4.48. The van der Waals surface area contributed by atoms with E-state index in [9.17, 15) is 9.59 Å². The van der Waals surface area contributed by atoms with Crippen LogP contribution in [0.2, 0.25) is 0 Å². The smallest absolute Gasteiger partial charge is 0.328 e. The van der Waals surface area contributed by atoms with E-state index in [1.165, 1.54) is 6.26 Å². The fourth-order valence-corrected chi connectivity index (χ4v) is 2.08. The molecule has 1 aromatic carbocycles. The monoisotopic (exact) mass is 301 g/mol. The number of carbonyl (C=O) groups excluding carboxylic acids is 2. The zero-order chi connectivity index (χ0) is 15.8. The van der Waals surface area contributed by atoms with Crippen LogP contribution in [0.4, 0.5) is 0 Å². The summed E-state index contributed by atoms with van der Waals surface area (Å²) in [7, 11) is 0. The molecule has 116 valence electrons. The van der Waals surface area contributed by atoms with Crippen LogP contribution in [0.1, 0.15) is 29.5 Å². The van der Waals surface area contributed by atoms with Gasteiger partial charge in [0.1, 0.15) is 6.04 Å². The van der Waals surface area contributed by atoms with E-state index in [4.69, 9.17) is 9.15 Å². The lowest BCUT2D eigenvalue weighted by molar-refractivity contribution is -0.145. The first kappa shape index (κ1) is 15.8. The Kier molecular flexibility index (Phi) is 5.77. The van der Waals surface area contributed by atoms with Crippen LogP contribution in [0.5, 0.6) is 0 Å². The lowest BCUT2D eigenvalue weighted by Crippen LogP contribution is -2.42. The largest absolute Gasteiger partial charge is 0.464 e. The minimum absolute atomic E-state index is 0.175. The summed E-state index contributed by atoms with van der Waals surface area (Å²) in [4.78, 5) is 24.0. The second-order valence-corrected chi connectivity index (χ2v) is 4.78. The summed E-state index contributed by atoms with van der Waals surface area (Å²) < 4.78 is 10.1. The summed E-state index contributed by atoms with van der Waals surface area (Å²) in [5.74, 6) is -0.677. The topological polar surface area (TPSA) is 68.5 Å². The van der Waals surface area contributed by atoms with Crippen LogP contribution in [0.15, 0.2) is 53.1 Å². The quantitative estimate of drug-likeness (QED) is 0.798. The molecule has 0 radical (unpaired) electrons. The van der Waals surface area contributed by atoms with Crippen molar-refractivity contribution < 1.29 is 18.7 Å². The number of rotatable bonds is 7. The SMILES string of the molecule is CCOC(=O)C(CCc1ccccc1)NC(=O)c1ccco1. The van der Waals surface area contributed by atoms with Gasteiger partial charge in [0.05, 0.1) is 12.9 Å². The number of esters is 1. The maximum atomic E-state index is 12.0. The van der Waals surface area contributed by atoms with Crippen molar-refractivity contribution in [3.63, 3.8) is 0 Å². The normalized spacial score (nSPS) is 11.7. The van der Waals surface area contributed by atoms with Crippen molar-refractivity contribution in [1.29, 1.82) is 0 Å². The average Bonchev–Trinajstić information content (AvgIpc) is 3.07. The Hall–Kier alpha value is -2.56. The highest BCUT2D eigenvalue weighted by Crippen LogP contribution is 2.08. The van der Waals surface area contributed by atoms with Crippen LogP contribution in [0, 0.1) is 0 Å². The van der Waals surface area contributed by atoms with Gasteiger partial charge in [0, 0.05) is 0 Å². The highest BCUT2D eigenvalue weighted by atomic mass is 16.5. The van der Waals surface area contributed by atoms with Crippen LogP contribution in [0.25, 0.3) is 0 Å². The minimum Gasteiger partial charge on any atom is -0.464 e. The van der Waals surface area contributed by atoms with E-state index in [1.807, 2.05) is 30.3 Å². The Bertz CT molecular complexity index is 592. The Morgan fingerprint density at radius 3 is 2.59 bits per heavy atom. The van der Waals surface area contributed by atoms with Gasteiger partial charge < -0.3 is 14.5 Å². The molecule has 0 spiro atoms. The zero-order valence-electron chi connectivity index (χ0n) is 12.5. The first-order valence-corrected chi connectivity index (χ1v) is 7.25. The van der Waals surface area contributed by atoms with Crippen LogP contribution >= 0.6 is 0 Å². The number of ether oxygens (including phenoxy) is 1. The standard InChI is InChI=1S/C17H19NO4/c1-2-21-17(20)14(11-10-13-7-4-3-5-8-13)18-16(19)15-9-6-12-22-15/h3-9,12,14H,2,10-11H2,1H3,(H,18,19). The minimum atomic E-state index is -0.697. The number of furan rings is 1. The summed E-state index contributed by atoms with van der Waals surface area (Å²) in [5, 5.41) is 2.67. The van der Waals surface area contributed by atoms with Gasteiger partial charge in [-0.1, -0.05) is 30.3 Å². The molecule has 22 heavy (non-hydrogen) atoms. The number of hydrogen-bond acceptors (Lipinski definition) is 4. The van der Waals surface area contributed by atoms with E-state index in [0.717, 1.165) is 5.56 Å². The van der Waals surface area contributed by atoms with Gasteiger partial charge in [0.15, 0.2) is 5.76 Å². The molecule has 1 N–H and O–H groups in total. The molecule has 0 saturated carbocycles. The van der Waals surface area contributed by atoms with Crippen LogP contribution in [-0.2, 0) is 16.0 Å². The molecule has 5 nitrogen and oxygen atoms in total. The predicted molar refractivity (Wildman–Crippen MR) is 81.4 cm³/mol. The lowest BCUT2D eigenvalue weighted by atomic mass is 10.1. The predicted octanol–water partition coefficient (Wildman–Crippen LogP) is 2.57. The van der Waals surface area contributed by atoms with Crippen LogP contribution in [0.3, 0.4) is 0 Å². The Balaban J connectivity index is 1.99. The Morgan fingerprint density at radius 2 is 1.95 bits per heavy atom. The summed E-state index contributed by atoms with van der Waals surface area (Å²) in [6.45, 7) is 2.01. The number of hydrogen-bond donors (Lipinski definition) is 1. The average molecular weight is 301 g/mol. The Morgan fingerprint density at radius 1 is 1.18 bits per heavy atom. The molecule has 0 aliphatic heterocycles. The van der Waals surface area contributed by atoms with Gasteiger partial charge in [0.25, 0.3) is 5.91 Å². The van der Waals surface area contributed by atoms with E-state index in [-0.39, 0.29) is 12.4 Å². The van der Waals surface area contributed by atoms with E-state index >= 15 is 0 Å². The van der Waals surface area contributed by atoms with Crippen molar-refractivity contribution in [3.8, 4) is 0 Å². The second-order valence-electron chi connectivity index (χ2n) is 4.78. The van der Waals surface area contributed by atoms with Crippen molar-refractivity contribution >= 4 is 11.9 Å². The number of aryl methyl sites for hydroxylation is 1. The van der Waals surface area contributed by atoms with Crippen molar-refractivity contribution in [2.24, 2.45) is 0 Å². The zero-order valence-corrected chi connectivity index (χ0v) is 12.5. The number of amides is 1. The molecule has 0 fully saturated rings. The first-order chi connectivity index (χ1) is 10.7. The van der Waals surface area contributed by atoms with Crippen molar-refractivity contribution in [2.75, 3.05) is 6.61 Å². The van der Waals surface area contributed by atoms with Gasteiger partial charge in [-0.25, -0.2) is 4.79 Å². The van der Waals surface area contributed by atoms with Gasteiger partial charge in [-0.3, -0.25) is 4.79 Å². The van der Waals surface area contributed by atoms with Gasteiger partial charge in [-0.15, -0.1) is 0 Å². The van der Waals surface area contributed by atoms with E-state index in [2.05, 4.69) is 5.32 Å². The molecule has 1 aromatic heterocycles. The molecule has 1 atom stereocenters. The van der Waals surface area contributed by atoms with Gasteiger partial charge in [-0.05, 0) is 37.5 Å². The van der Waals surface area contributed by atoms with Gasteiger partial charge in [-0.2, -0.15) is 0 Å². The number of carbonyl (C=O) groups is 2. The van der Waals surface area contributed by atoms with Crippen molar-refractivity contribution in [3.05, 3.63) is 60.1 Å². The van der Waals surface area contributed by atoms with Crippen LogP contribution in [-0.4, -0.2) is 24.5 Å². The molecule has 0 aliphatic rings. The first-order valence-electron chi connectivity index (χ1n) is 7.25. The number of nitrogens with one attached hydrogen (secondary N) is 1. The van der Waals surface area contributed by atoms with Crippen molar-refractivity contribution in [1.82, 2.24) is 5.32 Å². The molecular weight excluding hydrogens is 282 g/mol. The molecule has 1 heterocycles. The third-order valence-electron chi connectivity index (χ3n) is 3.19. The lowest BCUT2D eigenvalue weighted by Gasteiger charge is -2.16. The summed E-state index contributed by atoms with van der Waals surface area (Å²) >= 11 is 0. The van der Waals surface area contributed by atoms with Gasteiger partial charge in [0.2, 0.25) is 0 Å². The molecule has 0 aliphatic carbocycles.